The van der Waals surface area contributed by atoms with Gasteiger partial charge in [0.15, 0.2) is 0 Å². The molecule has 33 heavy (non-hydrogen) atoms. The molecule has 0 spiro atoms. The van der Waals surface area contributed by atoms with Crippen LogP contribution in [0.1, 0.15) is 0 Å². The molecule has 162 valence electrons. The maximum atomic E-state index is 5.82. The fraction of sp³-hybridized carbons (Fsp3) is 0.133. The highest BCUT2D eigenvalue weighted by Crippen LogP contribution is 2.68. The van der Waals surface area contributed by atoms with Gasteiger partial charge in [0.2, 0.25) is 0 Å². The first-order valence-electron chi connectivity index (χ1n) is 11.4. The molecular formula is C30H26O2Si. The van der Waals surface area contributed by atoms with Gasteiger partial charge in [-0.25, -0.2) is 0 Å². The lowest BCUT2D eigenvalue weighted by Gasteiger charge is -2.44. The Hall–Kier alpha value is -2.26. The van der Waals surface area contributed by atoms with E-state index in [-0.39, 0.29) is 0 Å². The summed E-state index contributed by atoms with van der Waals surface area (Å²) in [6, 6.07) is 0. The van der Waals surface area contributed by atoms with Gasteiger partial charge < -0.3 is 9.47 Å². The molecule has 2 saturated carbocycles. The maximum Gasteiger partial charge on any atom is 0.105 e. The Morgan fingerprint density at radius 3 is 1.24 bits per heavy atom. The van der Waals surface area contributed by atoms with Crippen LogP contribution < -0.4 is 0 Å². The van der Waals surface area contributed by atoms with Crippen LogP contribution in [0.3, 0.4) is 0 Å². The van der Waals surface area contributed by atoms with Gasteiger partial charge in [0, 0.05) is 35.5 Å². The van der Waals surface area contributed by atoms with Gasteiger partial charge in [-0.1, -0.05) is 86.0 Å². The average Bonchev–Trinajstić information content (AvgIpc) is 3.38. The predicted octanol–water partition coefficient (Wildman–Crippen LogP) is 6.00. The lowest BCUT2D eigenvalue weighted by Crippen LogP contribution is -2.48. The molecule has 6 aliphatic rings. The molecule has 3 heteroatoms. The zero-order valence-electron chi connectivity index (χ0n) is 19.4. The third-order valence-electron chi connectivity index (χ3n) is 7.21. The second-order valence-electron chi connectivity index (χ2n) is 9.23. The lowest BCUT2D eigenvalue weighted by molar-refractivity contribution is 0.290. The summed E-state index contributed by atoms with van der Waals surface area (Å²) in [7, 11) is 1.34. The van der Waals surface area contributed by atoms with Crippen molar-refractivity contribution in [3.8, 4) is 0 Å². The number of ether oxygens (including phenoxy) is 2. The quantitative estimate of drug-likeness (QED) is 0.493. The molecule has 0 heterocycles. The van der Waals surface area contributed by atoms with E-state index in [4.69, 9.17) is 9.47 Å². The Morgan fingerprint density at radius 1 is 0.485 bits per heavy atom. The third-order valence-corrected chi connectivity index (χ3v) is 10.8. The lowest BCUT2D eigenvalue weighted by atomic mass is 9.81. The van der Waals surface area contributed by atoms with E-state index in [1.807, 2.05) is 0 Å². The predicted molar refractivity (Wildman–Crippen MR) is 135 cm³/mol. The number of methoxy groups -OCH3 is 2. The topological polar surface area (TPSA) is 18.5 Å². The molecule has 0 amide bonds. The molecule has 0 bridgehead atoms. The van der Waals surface area contributed by atoms with Crippen LogP contribution in [-0.4, -0.2) is 22.3 Å². The van der Waals surface area contributed by atoms with E-state index in [1.165, 1.54) is 58.4 Å². The van der Waals surface area contributed by atoms with Crippen molar-refractivity contribution in [3.05, 3.63) is 155 Å². The Morgan fingerprint density at radius 2 is 0.848 bits per heavy atom. The van der Waals surface area contributed by atoms with Crippen LogP contribution in [0.4, 0.5) is 0 Å². The largest absolute Gasteiger partial charge is 0.500 e. The molecule has 0 aromatic rings. The minimum atomic E-state index is -2.19. The smallest absolute Gasteiger partial charge is 0.105 e. The van der Waals surface area contributed by atoms with Crippen LogP contribution in [-0.2, 0) is 9.47 Å². The summed E-state index contributed by atoms with van der Waals surface area (Å²) < 4.78 is 11.6. The normalized spacial score (nSPS) is 27.6. The number of hydrogen-bond donors (Lipinski definition) is 0. The Balaban J connectivity index is 1.44. The first-order chi connectivity index (χ1) is 16.1. The van der Waals surface area contributed by atoms with Gasteiger partial charge in [-0.3, -0.25) is 0 Å². The zero-order valence-corrected chi connectivity index (χ0v) is 20.4. The van der Waals surface area contributed by atoms with Crippen LogP contribution in [0.5, 0.6) is 0 Å². The molecule has 2 fully saturated rings. The standard InChI is InChI=1S/C30H26O2Si/c1-31-25-17-9-15-23-27(25)19-11-5-7-13-21(19)29(23)33(3,4)30-22-14-8-6-12-20(22)28-24(30)16-10-18-26(28)32-2/h5-18H,1-4H3. The van der Waals surface area contributed by atoms with E-state index in [2.05, 4.69) is 98.2 Å². The highest BCUT2D eigenvalue weighted by atomic mass is 28.3. The van der Waals surface area contributed by atoms with Crippen LogP contribution in [0, 0.1) is 58.4 Å². The molecule has 0 unspecified atom stereocenters. The molecule has 0 atom stereocenters. The molecule has 0 saturated heterocycles. The number of rotatable bonds is 4. The first kappa shape index (κ1) is 21.3. The van der Waals surface area contributed by atoms with E-state index in [0.717, 1.165) is 11.5 Å². The van der Waals surface area contributed by atoms with Crippen molar-refractivity contribution in [2.75, 3.05) is 14.2 Å². The van der Waals surface area contributed by atoms with Crippen molar-refractivity contribution < 1.29 is 9.47 Å². The summed E-state index contributed by atoms with van der Waals surface area (Å²) in [5.74, 6) is 12.2. The van der Waals surface area contributed by atoms with E-state index in [1.54, 1.807) is 14.2 Å². The van der Waals surface area contributed by atoms with Crippen molar-refractivity contribution >= 4 is 8.07 Å². The average molecular weight is 447 g/mol. The first-order valence-corrected chi connectivity index (χ1v) is 14.4. The van der Waals surface area contributed by atoms with Gasteiger partial charge in [-0.15, -0.1) is 0 Å². The fourth-order valence-electron chi connectivity index (χ4n) is 5.97. The summed E-state index contributed by atoms with van der Waals surface area (Å²) in [6.07, 6.45) is 30.6. The van der Waals surface area contributed by atoms with Crippen LogP contribution in [0.2, 0.25) is 13.1 Å². The van der Waals surface area contributed by atoms with Crippen molar-refractivity contribution in [2.45, 2.75) is 13.1 Å². The van der Waals surface area contributed by atoms with Crippen molar-refractivity contribution in [1.29, 1.82) is 0 Å². The van der Waals surface area contributed by atoms with E-state index in [0.29, 0.717) is 0 Å². The van der Waals surface area contributed by atoms with E-state index >= 15 is 0 Å². The molecule has 2 nitrogen and oxygen atoms in total. The highest BCUT2D eigenvalue weighted by molar-refractivity contribution is 6.91. The second kappa shape index (κ2) is 7.90. The Bertz CT molecular complexity index is 969. The Kier molecular flexibility index (Phi) is 5.10. The van der Waals surface area contributed by atoms with Gasteiger partial charge in [-0.05, 0) is 23.2 Å². The number of fused-ring (bicyclic) bond motifs is 6. The Labute approximate surface area is 199 Å². The van der Waals surface area contributed by atoms with Gasteiger partial charge >= 0.3 is 0 Å². The zero-order chi connectivity index (χ0) is 22.7. The third kappa shape index (κ3) is 2.97. The van der Waals surface area contributed by atoms with Crippen molar-refractivity contribution in [2.24, 2.45) is 0 Å². The summed E-state index contributed by atoms with van der Waals surface area (Å²) >= 11 is 0. The van der Waals surface area contributed by atoms with Gasteiger partial charge in [-0.2, -0.15) is 0 Å². The van der Waals surface area contributed by atoms with Crippen LogP contribution in [0.25, 0.3) is 0 Å². The monoisotopic (exact) mass is 446 g/mol. The van der Waals surface area contributed by atoms with Crippen molar-refractivity contribution in [3.63, 3.8) is 0 Å². The fourth-order valence-corrected chi connectivity index (χ4v) is 9.77. The minimum absolute atomic E-state index is 0.943. The molecule has 0 N–H and O–H groups in total. The SMILES string of the molecule is COC1=CC=C[C]2[C]1[C]1C=CC=C[C]1[C]2[Si](C)(C)[C]1[C]2C=CC=C[C]2[C]2[C]1C=CC=C2OC. The van der Waals surface area contributed by atoms with Crippen LogP contribution >= 0.6 is 0 Å². The molecule has 0 aliphatic heterocycles. The van der Waals surface area contributed by atoms with Gasteiger partial charge in [0.25, 0.3) is 0 Å². The molecular weight excluding hydrogens is 420 g/mol. The molecule has 10 radical (unpaired) electrons. The van der Waals surface area contributed by atoms with Gasteiger partial charge in [0.1, 0.15) is 11.5 Å². The molecule has 6 rings (SSSR count). The van der Waals surface area contributed by atoms with Gasteiger partial charge in [0.05, 0.1) is 34.1 Å². The summed E-state index contributed by atoms with van der Waals surface area (Å²) in [4.78, 5) is 0. The minimum Gasteiger partial charge on any atom is -0.500 e. The van der Waals surface area contributed by atoms with Crippen LogP contribution in [0.15, 0.2) is 96.6 Å². The summed E-state index contributed by atoms with van der Waals surface area (Å²) in [6.45, 7) is 4.99. The highest BCUT2D eigenvalue weighted by Gasteiger charge is 2.65. The van der Waals surface area contributed by atoms with E-state index in [9.17, 15) is 0 Å². The summed E-state index contributed by atoms with van der Waals surface area (Å²) in [5.41, 5.74) is 2.96. The number of hydrogen-bond acceptors (Lipinski definition) is 2. The van der Waals surface area contributed by atoms with Crippen molar-refractivity contribution in [1.82, 2.24) is 0 Å². The molecule has 6 aliphatic carbocycles. The van der Waals surface area contributed by atoms with E-state index < -0.39 is 8.07 Å². The second-order valence-corrected chi connectivity index (χ2v) is 13.5. The molecule has 0 aromatic heterocycles. The summed E-state index contributed by atoms with van der Waals surface area (Å²) in [5, 5.41) is 0. The number of allylic oxidation sites excluding steroid dienone is 16. The maximum absolute atomic E-state index is 5.82. The molecule has 0 aromatic carbocycles.